The number of alkyl halides is 3. The van der Waals surface area contributed by atoms with E-state index >= 15 is 0 Å². The van der Waals surface area contributed by atoms with Crippen LogP contribution in [0, 0.1) is 5.92 Å². The van der Waals surface area contributed by atoms with E-state index in [1.165, 1.54) is 36.9 Å². The number of carbonyl (C=O) groups excluding carboxylic acids is 1. The summed E-state index contributed by atoms with van der Waals surface area (Å²) in [5.41, 5.74) is -0.571. The highest BCUT2D eigenvalue weighted by atomic mass is 35.5. The fourth-order valence-electron chi connectivity index (χ4n) is 2.12. The molecule has 1 aliphatic rings. The van der Waals surface area contributed by atoms with Gasteiger partial charge in [-0.2, -0.15) is 13.2 Å². The smallest absolute Gasteiger partial charge is 0.340 e. The summed E-state index contributed by atoms with van der Waals surface area (Å²) in [6, 6.07) is 5.35. The Morgan fingerprint density at radius 1 is 1.32 bits per heavy atom. The van der Waals surface area contributed by atoms with E-state index in [1.54, 1.807) is 6.07 Å². The first-order valence-electron chi connectivity index (χ1n) is 6.97. The molecule has 2 rings (SSSR count). The van der Waals surface area contributed by atoms with Gasteiger partial charge < -0.3 is 10.2 Å². The zero-order valence-electron chi connectivity index (χ0n) is 12.3. The number of halogens is 4. The normalized spacial score (nSPS) is 14.4. The monoisotopic (exact) mass is 336 g/mol. The number of likely N-dealkylation sites (N-methyl/N-ethyl adjacent to an activating group) is 1. The molecule has 0 spiro atoms. The van der Waals surface area contributed by atoms with Crippen molar-refractivity contribution in [2.75, 3.05) is 20.1 Å². The van der Waals surface area contributed by atoms with Gasteiger partial charge in [-0.1, -0.05) is 18.2 Å². The molecule has 0 aromatic heterocycles. The Bertz CT molecular complexity index is 504. The third-order valence-electron chi connectivity index (χ3n) is 3.56. The van der Waals surface area contributed by atoms with Crippen LogP contribution in [0.5, 0.6) is 0 Å². The number of rotatable bonds is 6. The number of hydrogen-bond acceptors (Lipinski definition) is 2. The summed E-state index contributed by atoms with van der Waals surface area (Å²) in [5, 5.41) is 3.05. The summed E-state index contributed by atoms with van der Waals surface area (Å²) in [5.74, 6) is 0.460. The molecule has 0 heterocycles. The van der Waals surface area contributed by atoms with Gasteiger partial charge in [0.15, 0.2) is 0 Å². The molecule has 1 aromatic carbocycles. The van der Waals surface area contributed by atoms with E-state index in [1.807, 2.05) is 0 Å². The molecule has 1 amide bonds. The van der Waals surface area contributed by atoms with Crippen molar-refractivity contribution in [3.8, 4) is 0 Å². The average Bonchev–Trinajstić information content (AvgIpc) is 3.22. The van der Waals surface area contributed by atoms with Gasteiger partial charge in [-0.3, -0.25) is 4.79 Å². The van der Waals surface area contributed by atoms with Crippen LogP contribution in [0.1, 0.15) is 24.0 Å². The molecule has 1 fully saturated rings. The van der Waals surface area contributed by atoms with Crippen molar-refractivity contribution < 1.29 is 18.0 Å². The fourth-order valence-corrected chi connectivity index (χ4v) is 2.12. The second kappa shape index (κ2) is 7.83. The summed E-state index contributed by atoms with van der Waals surface area (Å²) < 4.78 is 38.6. The molecule has 1 aromatic rings. The van der Waals surface area contributed by atoms with E-state index in [-0.39, 0.29) is 37.0 Å². The average molecular weight is 337 g/mol. The van der Waals surface area contributed by atoms with Crippen molar-refractivity contribution in [2.45, 2.75) is 25.6 Å². The number of carbonyl (C=O) groups is 1. The molecule has 0 aliphatic heterocycles. The Labute approximate surface area is 134 Å². The predicted octanol–water partition coefficient (Wildman–Crippen LogP) is 3.09. The van der Waals surface area contributed by atoms with Crippen LogP contribution < -0.4 is 5.32 Å². The van der Waals surface area contributed by atoms with Gasteiger partial charge in [-0.25, -0.2) is 0 Å². The lowest BCUT2D eigenvalue weighted by Crippen LogP contribution is -2.36. The molecule has 22 heavy (non-hydrogen) atoms. The summed E-state index contributed by atoms with van der Waals surface area (Å²) in [7, 11) is 1.52. The minimum atomic E-state index is -4.40. The lowest BCUT2D eigenvalue weighted by atomic mass is 10.1. The summed E-state index contributed by atoms with van der Waals surface area (Å²) in [4.78, 5) is 13.2. The van der Waals surface area contributed by atoms with Gasteiger partial charge in [0.05, 0.1) is 12.1 Å². The van der Waals surface area contributed by atoms with E-state index in [0.717, 1.165) is 12.6 Å². The minimum absolute atomic E-state index is 0. The second-order valence-electron chi connectivity index (χ2n) is 5.48. The van der Waals surface area contributed by atoms with Crippen molar-refractivity contribution in [1.82, 2.24) is 10.2 Å². The Kier molecular flexibility index (Phi) is 6.68. The number of hydrogen-bond donors (Lipinski definition) is 1. The van der Waals surface area contributed by atoms with E-state index in [4.69, 9.17) is 0 Å². The van der Waals surface area contributed by atoms with E-state index in [9.17, 15) is 18.0 Å². The van der Waals surface area contributed by atoms with E-state index in [0.29, 0.717) is 5.92 Å². The van der Waals surface area contributed by atoms with Gasteiger partial charge >= 0.3 is 6.18 Å². The fraction of sp³-hybridized carbons (Fsp3) is 0.533. The third-order valence-corrected chi connectivity index (χ3v) is 3.56. The molecule has 7 heteroatoms. The van der Waals surface area contributed by atoms with Crippen molar-refractivity contribution in [3.05, 3.63) is 35.4 Å². The standard InChI is InChI=1S/C15H19F3N2O.ClH/c1-20(14(21)9-19-8-11-6-7-11)10-12-4-2-3-5-13(12)15(16,17)18;/h2-5,11,19H,6-10H2,1H3;1H. The lowest BCUT2D eigenvalue weighted by Gasteiger charge is -2.20. The molecule has 0 bridgehead atoms. The largest absolute Gasteiger partial charge is 0.416 e. The van der Waals surface area contributed by atoms with Crippen LogP contribution >= 0.6 is 12.4 Å². The number of nitrogens with zero attached hydrogens (tertiary/aromatic N) is 1. The molecule has 0 atom stereocenters. The summed E-state index contributed by atoms with van der Waals surface area (Å²) in [6.07, 6.45) is -2.02. The number of benzene rings is 1. The first kappa shape index (κ1) is 18.8. The maximum absolute atomic E-state index is 12.9. The highest BCUT2D eigenvalue weighted by molar-refractivity contribution is 5.85. The molecule has 3 nitrogen and oxygen atoms in total. The van der Waals surface area contributed by atoms with Gasteiger partial charge in [-0.05, 0) is 36.9 Å². The molecule has 1 N–H and O–H groups in total. The SMILES string of the molecule is CN(Cc1ccccc1C(F)(F)F)C(=O)CNCC1CC1.Cl. The number of amides is 1. The molecule has 124 valence electrons. The van der Waals surface area contributed by atoms with Crippen LogP contribution in [0.25, 0.3) is 0 Å². The zero-order chi connectivity index (χ0) is 15.5. The van der Waals surface area contributed by atoms with Crippen molar-refractivity contribution in [3.63, 3.8) is 0 Å². The summed E-state index contributed by atoms with van der Waals surface area (Å²) >= 11 is 0. The molecule has 1 aliphatic carbocycles. The number of nitrogens with one attached hydrogen (secondary N) is 1. The molecule has 0 unspecified atom stereocenters. The van der Waals surface area contributed by atoms with Crippen LogP contribution in [0.4, 0.5) is 13.2 Å². The van der Waals surface area contributed by atoms with E-state index < -0.39 is 11.7 Å². The molecular weight excluding hydrogens is 317 g/mol. The molecular formula is C15H20ClF3N2O. The van der Waals surface area contributed by atoms with Crippen molar-refractivity contribution >= 4 is 18.3 Å². The lowest BCUT2D eigenvalue weighted by molar-refractivity contribution is -0.139. The maximum Gasteiger partial charge on any atom is 0.416 e. The van der Waals surface area contributed by atoms with E-state index in [2.05, 4.69) is 5.32 Å². The van der Waals surface area contributed by atoms with Crippen molar-refractivity contribution in [2.24, 2.45) is 5.92 Å². The molecule has 1 saturated carbocycles. The van der Waals surface area contributed by atoms with Crippen LogP contribution in [-0.2, 0) is 17.5 Å². The molecule has 0 radical (unpaired) electrons. The van der Waals surface area contributed by atoms with Crippen LogP contribution in [0.2, 0.25) is 0 Å². The molecule has 0 saturated heterocycles. The quantitative estimate of drug-likeness (QED) is 0.866. The van der Waals surface area contributed by atoms with Gasteiger partial charge in [0, 0.05) is 13.6 Å². The van der Waals surface area contributed by atoms with Gasteiger partial charge in [-0.15, -0.1) is 12.4 Å². The van der Waals surface area contributed by atoms with Crippen LogP contribution in [-0.4, -0.2) is 30.9 Å². The van der Waals surface area contributed by atoms with Gasteiger partial charge in [0.2, 0.25) is 5.91 Å². The van der Waals surface area contributed by atoms with Gasteiger partial charge in [0.1, 0.15) is 0 Å². The minimum Gasteiger partial charge on any atom is -0.340 e. The highest BCUT2D eigenvalue weighted by Gasteiger charge is 2.33. The Morgan fingerprint density at radius 2 is 1.95 bits per heavy atom. The highest BCUT2D eigenvalue weighted by Crippen LogP contribution is 2.32. The maximum atomic E-state index is 12.9. The third kappa shape index (κ3) is 5.50. The Morgan fingerprint density at radius 3 is 2.55 bits per heavy atom. The van der Waals surface area contributed by atoms with Crippen LogP contribution in [0.15, 0.2) is 24.3 Å². The van der Waals surface area contributed by atoms with Crippen molar-refractivity contribution in [1.29, 1.82) is 0 Å². The van der Waals surface area contributed by atoms with Gasteiger partial charge in [0.25, 0.3) is 0 Å². The summed E-state index contributed by atoms with van der Waals surface area (Å²) in [6.45, 7) is 0.930. The Balaban J connectivity index is 0.00000242. The predicted molar refractivity (Wildman–Crippen MR) is 80.8 cm³/mol. The second-order valence-corrected chi connectivity index (χ2v) is 5.48. The zero-order valence-corrected chi connectivity index (χ0v) is 13.1. The first-order chi connectivity index (χ1) is 9.88. The topological polar surface area (TPSA) is 32.3 Å². The Hall–Kier alpha value is -1.27. The van der Waals surface area contributed by atoms with Crippen LogP contribution in [0.3, 0.4) is 0 Å². The first-order valence-corrected chi connectivity index (χ1v) is 6.97.